The highest BCUT2D eigenvalue weighted by molar-refractivity contribution is 7.13. The zero-order chi connectivity index (χ0) is 11.4. The van der Waals surface area contributed by atoms with E-state index in [-0.39, 0.29) is 0 Å². The van der Waals surface area contributed by atoms with Gasteiger partial charge < -0.3 is 0 Å². The van der Waals surface area contributed by atoms with Crippen molar-refractivity contribution in [3.63, 3.8) is 0 Å². The van der Waals surface area contributed by atoms with Crippen LogP contribution in [0.1, 0.15) is 24.6 Å². The fourth-order valence-corrected chi connectivity index (χ4v) is 2.50. The third-order valence-electron chi connectivity index (χ3n) is 2.55. The van der Waals surface area contributed by atoms with E-state index in [9.17, 15) is 0 Å². The second-order valence-corrected chi connectivity index (χ2v) is 4.47. The highest BCUT2D eigenvalue weighted by atomic mass is 32.1. The van der Waals surface area contributed by atoms with Crippen LogP contribution >= 0.6 is 11.3 Å². The molecule has 2 aromatic heterocycles. The van der Waals surface area contributed by atoms with Gasteiger partial charge in [-0.3, -0.25) is 5.10 Å². The zero-order valence-electron chi connectivity index (χ0n) is 9.16. The molecule has 82 valence electrons. The molecule has 0 saturated carbocycles. The van der Waals surface area contributed by atoms with Crippen LogP contribution in [-0.4, -0.2) is 10.2 Å². The van der Waals surface area contributed by atoms with Gasteiger partial charge in [0.05, 0.1) is 10.9 Å². The summed E-state index contributed by atoms with van der Waals surface area (Å²) in [7, 11) is 0. The van der Waals surface area contributed by atoms with Gasteiger partial charge >= 0.3 is 0 Å². The number of rotatable bonds is 4. The number of aromatic amines is 1. The summed E-state index contributed by atoms with van der Waals surface area (Å²) in [5.74, 6) is 0. The highest BCUT2D eigenvalue weighted by Crippen LogP contribution is 2.28. The van der Waals surface area contributed by atoms with Crippen LogP contribution in [-0.2, 0) is 12.8 Å². The van der Waals surface area contributed by atoms with Crippen LogP contribution in [0.15, 0.2) is 17.5 Å². The van der Waals surface area contributed by atoms with Gasteiger partial charge in [-0.25, -0.2) is 0 Å². The average molecular weight is 231 g/mol. The van der Waals surface area contributed by atoms with Crippen molar-refractivity contribution in [3.05, 3.63) is 28.8 Å². The lowest BCUT2D eigenvalue weighted by atomic mass is 10.1. The Bertz CT molecular complexity index is 491. The normalized spacial score (nSPS) is 10.2. The predicted molar refractivity (Wildman–Crippen MR) is 65.2 cm³/mol. The van der Waals surface area contributed by atoms with E-state index in [1.54, 1.807) is 11.3 Å². The van der Waals surface area contributed by atoms with Crippen LogP contribution in [0.25, 0.3) is 10.6 Å². The monoisotopic (exact) mass is 231 g/mol. The molecule has 1 N–H and O–H groups in total. The van der Waals surface area contributed by atoms with Crippen LogP contribution in [0.4, 0.5) is 0 Å². The minimum atomic E-state index is 0.547. The number of H-pyrrole nitrogens is 1. The number of nitriles is 1. The van der Waals surface area contributed by atoms with E-state index < -0.39 is 0 Å². The number of hydrogen-bond acceptors (Lipinski definition) is 3. The minimum Gasteiger partial charge on any atom is -0.282 e. The summed E-state index contributed by atoms with van der Waals surface area (Å²) < 4.78 is 0. The molecule has 0 aliphatic carbocycles. The minimum absolute atomic E-state index is 0.547. The van der Waals surface area contributed by atoms with Gasteiger partial charge in [-0.05, 0) is 24.3 Å². The van der Waals surface area contributed by atoms with Crippen LogP contribution < -0.4 is 0 Å². The number of thiophene rings is 1. The number of hydrogen-bond donors (Lipinski definition) is 1. The Morgan fingerprint density at radius 2 is 2.44 bits per heavy atom. The standard InChI is InChI=1S/C12H13N3S/c1-2-10-9(5-3-7-13)12(15-14-10)11-6-4-8-16-11/h4,6,8H,2-3,5H2,1H3,(H,14,15). The second kappa shape index (κ2) is 4.95. The largest absolute Gasteiger partial charge is 0.282 e. The van der Waals surface area contributed by atoms with Gasteiger partial charge in [-0.2, -0.15) is 10.4 Å². The Labute approximate surface area is 98.7 Å². The lowest BCUT2D eigenvalue weighted by Gasteiger charge is -2.00. The molecular weight excluding hydrogens is 218 g/mol. The van der Waals surface area contributed by atoms with E-state index in [0.29, 0.717) is 6.42 Å². The summed E-state index contributed by atoms with van der Waals surface area (Å²) in [6.07, 6.45) is 2.26. The molecule has 0 radical (unpaired) electrons. The molecule has 3 nitrogen and oxygen atoms in total. The molecule has 0 bridgehead atoms. The summed E-state index contributed by atoms with van der Waals surface area (Å²) in [5.41, 5.74) is 3.37. The van der Waals surface area contributed by atoms with Gasteiger partial charge in [0.25, 0.3) is 0 Å². The fraction of sp³-hybridized carbons (Fsp3) is 0.333. The molecule has 0 aliphatic heterocycles. The Kier molecular flexibility index (Phi) is 3.37. The first-order valence-electron chi connectivity index (χ1n) is 5.33. The van der Waals surface area contributed by atoms with Gasteiger partial charge in [-0.15, -0.1) is 11.3 Å². The number of aromatic nitrogens is 2. The molecule has 0 unspecified atom stereocenters. The van der Waals surface area contributed by atoms with Crippen molar-refractivity contribution < 1.29 is 0 Å². The van der Waals surface area contributed by atoms with Gasteiger partial charge in [0.15, 0.2) is 0 Å². The van der Waals surface area contributed by atoms with Gasteiger partial charge in [-0.1, -0.05) is 13.0 Å². The summed E-state index contributed by atoms with van der Waals surface area (Å²) in [6.45, 7) is 2.10. The van der Waals surface area contributed by atoms with Crippen molar-refractivity contribution in [1.29, 1.82) is 5.26 Å². The van der Waals surface area contributed by atoms with Crippen molar-refractivity contribution in [3.8, 4) is 16.6 Å². The average Bonchev–Trinajstić information content (AvgIpc) is 2.94. The van der Waals surface area contributed by atoms with E-state index in [0.717, 1.165) is 24.2 Å². The van der Waals surface area contributed by atoms with Crippen molar-refractivity contribution in [1.82, 2.24) is 10.2 Å². The molecule has 2 heterocycles. The molecule has 4 heteroatoms. The first kappa shape index (κ1) is 10.9. The molecule has 0 saturated heterocycles. The third-order valence-corrected chi connectivity index (χ3v) is 3.42. The van der Waals surface area contributed by atoms with Crippen LogP contribution in [0, 0.1) is 11.3 Å². The van der Waals surface area contributed by atoms with Gasteiger partial charge in [0.2, 0.25) is 0 Å². The number of nitrogens with zero attached hydrogens (tertiary/aromatic N) is 2. The van der Waals surface area contributed by atoms with Crippen molar-refractivity contribution >= 4 is 11.3 Å². The molecule has 2 rings (SSSR count). The van der Waals surface area contributed by atoms with E-state index in [1.807, 2.05) is 11.4 Å². The molecule has 0 spiro atoms. The topological polar surface area (TPSA) is 52.5 Å². The first-order chi connectivity index (χ1) is 7.86. The van der Waals surface area contributed by atoms with Crippen LogP contribution in [0.5, 0.6) is 0 Å². The summed E-state index contributed by atoms with van der Waals surface area (Å²) in [6, 6.07) is 6.28. The predicted octanol–water partition coefficient (Wildman–Crippen LogP) is 3.16. The Morgan fingerprint density at radius 1 is 1.56 bits per heavy atom. The smallest absolute Gasteiger partial charge is 0.105 e. The SMILES string of the molecule is CCc1[nH]nc(-c2cccs2)c1CCC#N. The Hall–Kier alpha value is -1.60. The van der Waals surface area contributed by atoms with Crippen molar-refractivity contribution in [2.24, 2.45) is 0 Å². The molecule has 2 aromatic rings. The van der Waals surface area contributed by atoms with Crippen LogP contribution in [0.3, 0.4) is 0 Å². The zero-order valence-corrected chi connectivity index (χ0v) is 9.97. The molecule has 0 amide bonds. The van der Waals surface area contributed by atoms with Crippen molar-refractivity contribution in [2.75, 3.05) is 0 Å². The van der Waals surface area contributed by atoms with E-state index >= 15 is 0 Å². The summed E-state index contributed by atoms with van der Waals surface area (Å²) in [5, 5.41) is 18.1. The maximum atomic E-state index is 8.67. The maximum Gasteiger partial charge on any atom is 0.105 e. The maximum absolute atomic E-state index is 8.67. The van der Waals surface area contributed by atoms with Crippen LogP contribution in [0.2, 0.25) is 0 Å². The van der Waals surface area contributed by atoms with E-state index in [4.69, 9.17) is 5.26 Å². The molecule has 0 atom stereocenters. The highest BCUT2D eigenvalue weighted by Gasteiger charge is 2.13. The quantitative estimate of drug-likeness (QED) is 0.878. The fourth-order valence-electron chi connectivity index (χ4n) is 1.76. The third kappa shape index (κ3) is 2.00. The number of nitrogens with one attached hydrogen (secondary N) is 1. The van der Waals surface area contributed by atoms with E-state index in [1.165, 1.54) is 10.4 Å². The van der Waals surface area contributed by atoms with Gasteiger partial charge in [0, 0.05) is 17.7 Å². The second-order valence-electron chi connectivity index (χ2n) is 3.52. The summed E-state index contributed by atoms with van der Waals surface area (Å²) >= 11 is 1.68. The summed E-state index contributed by atoms with van der Waals surface area (Å²) in [4.78, 5) is 1.17. The molecule has 0 aliphatic rings. The molecular formula is C12H13N3S. The molecule has 16 heavy (non-hydrogen) atoms. The first-order valence-corrected chi connectivity index (χ1v) is 6.21. The van der Waals surface area contributed by atoms with Crippen molar-refractivity contribution in [2.45, 2.75) is 26.2 Å². The van der Waals surface area contributed by atoms with Gasteiger partial charge in [0.1, 0.15) is 5.69 Å². The molecule has 0 aromatic carbocycles. The lowest BCUT2D eigenvalue weighted by Crippen LogP contribution is -1.91. The Balaban J connectivity index is 2.38. The molecule has 0 fully saturated rings. The van der Waals surface area contributed by atoms with E-state index in [2.05, 4.69) is 29.3 Å². The lowest BCUT2D eigenvalue weighted by molar-refractivity contribution is 0.936. The Morgan fingerprint density at radius 3 is 3.06 bits per heavy atom. The number of aryl methyl sites for hydroxylation is 1.